The van der Waals surface area contributed by atoms with Crippen molar-refractivity contribution in [1.82, 2.24) is 4.57 Å². The molecule has 132 valence electrons. The second-order valence-electron chi connectivity index (χ2n) is 6.51. The van der Waals surface area contributed by atoms with Crippen LogP contribution in [0.25, 0.3) is 10.9 Å². The monoisotopic (exact) mass is 351 g/mol. The second-order valence-corrected chi connectivity index (χ2v) is 6.51. The van der Waals surface area contributed by atoms with Crippen molar-refractivity contribution in [3.8, 4) is 0 Å². The third-order valence-electron chi connectivity index (χ3n) is 4.82. The maximum absolute atomic E-state index is 14.0. The Morgan fingerprint density at radius 1 is 1.15 bits per heavy atom. The van der Waals surface area contributed by atoms with Crippen molar-refractivity contribution < 1.29 is 14.0 Å². The Kier molecular flexibility index (Phi) is 3.95. The molecule has 1 aromatic heterocycles. The molecular weight excluding hydrogens is 333 g/mol. The minimum atomic E-state index is -0.513. The number of hydrogen-bond acceptors (Lipinski definition) is 2. The molecule has 1 N–H and O–H groups in total. The molecule has 1 unspecified atom stereocenters. The molecule has 1 atom stereocenters. The lowest BCUT2D eigenvalue weighted by molar-refractivity contribution is -0.122. The number of halogens is 1. The van der Waals surface area contributed by atoms with Crippen LogP contribution in [0.5, 0.6) is 0 Å². The van der Waals surface area contributed by atoms with Gasteiger partial charge in [-0.25, -0.2) is 4.39 Å². The average molecular weight is 351 g/mol. The van der Waals surface area contributed by atoms with Crippen molar-refractivity contribution in [2.24, 2.45) is 13.0 Å². The maximum Gasteiger partial charge on any atom is 0.229 e. The number of nitrogens with one attached hydrogen (secondary N) is 1. The SMILES string of the molecule is Cn1ccc2c(NC(=O)C3CC(=O)N(c4ccccc4F)C3)cccc21. The molecule has 1 fully saturated rings. The molecule has 6 heteroatoms. The summed E-state index contributed by atoms with van der Waals surface area (Å²) in [6.07, 6.45) is 2.00. The number of carbonyl (C=O) groups is 2. The van der Waals surface area contributed by atoms with Crippen LogP contribution in [0, 0.1) is 11.7 Å². The molecular formula is C20H18FN3O2. The smallest absolute Gasteiger partial charge is 0.229 e. The quantitative estimate of drug-likeness (QED) is 0.787. The van der Waals surface area contributed by atoms with Crippen molar-refractivity contribution in [2.75, 3.05) is 16.8 Å². The molecule has 5 nitrogen and oxygen atoms in total. The molecule has 4 rings (SSSR count). The molecule has 3 aromatic rings. The largest absolute Gasteiger partial charge is 0.350 e. The fourth-order valence-corrected chi connectivity index (χ4v) is 3.43. The summed E-state index contributed by atoms with van der Waals surface area (Å²) >= 11 is 0. The summed E-state index contributed by atoms with van der Waals surface area (Å²) in [5.74, 6) is -1.45. The topological polar surface area (TPSA) is 54.3 Å². The molecule has 1 aliphatic rings. The Balaban J connectivity index is 1.54. The van der Waals surface area contributed by atoms with Gasteiger partial charge in [-0.2, -0.15) is 0 Å². The number of amides is 2. The van der Waals surface area contributed by atoms with Gasteiger partial charge in [-0.15, -0.1) is 0 Å². The highest BCUT2D eigenvalue weighted by Gasteiger charge is 2.36. The Hall–Kier alpha value is -3.15. The van der Waals surface area contributed by atoms with E-state index in [2.05, 4.69) is 5.32 Å². The van der Waals surface area contributed by atoms with E-state index in [-0.39, 0.29) is 30.5 Å². The predicted molar refractivity (Wildman–Crippen MR) is 98.4 cm³/mol. The van der Waals surface area contributed by atoms with Gasteiger partial charge in [0.15, 0.2) is 0 Å². The van der Waals surface area contributed by atoms with E-state index in [1.54, 1.807) is 18.2 Å². The molecule has 0 saturated carbocycles. The van der Waals surface area contributed by atoms with E-state index in [1.807, 2.05) is 42.1 Å². The van der Waals surface area contributed by atoms with Gasteiger partial charge in [0, 0.05) is 37.1 Å². The molecule has 0 spiro atoms. The molecule has 0 aliphatic carbocycles. The molecule has 1 aliphatic heterocycles. The highest BCUT2D eigenvalue weighted by Crippen LogP contribution is 2.29. The first-order valence-corrected chi connectivity index (χ1v) is 8.44. The number of rotatable bonds is 3. The van der Waals surface area contributed by atoms with E-state index in [4.69, 9.17) is 0 Å². The Labute approximate surface area is 150 Å². The number of hydrogen-bond donors (Lipinski definition) is 1. The van der Waals surface area contributed by atoms with E-state index in [0.29, 0.717) is 5.69 Å². The van der Waals surface area contributed by atoms with Crippen LogP contribution < -0.4 is 10.2 Å². The first kappa shape index (κ1) is 16.3. The number of carbonyl (C=O) groups excluding carboxylic acids is 2. The lowest BCUT2D eigenvalue weighted by atomic mass is 10.1. The van der Waals surface area contributed by atoms with E-state index >= 15 is 0 Å². The minimum Gasteiger partial charge on any atom is -0.350 e. The predicted octanol–water partition coefficient (Wildman–Crippen LogP) is 3.31. The first-order valence-electron chi connectivity index (χ1n) is 8.44. The third-order valence-corrected chi connectivity index (χ3v) is 4.82. The molecule has 0 radical (unpaired) electrons. The normalized spacial score (nSPS) is 17.1. The summed E-state index contributed by atoms with van der Waals surface area (Å²) in [5.41, 5.74) is 1.95. The highest BCUT2D eigenvalue weighted by molar-refractivity contribution is 6.06. The van der Waals surface area contributed by atoms with Crippen molar-refractivity contribution in [3.63, 3.8) is 0 Å². The molecule has 2 heterocycles. The number of aryl methyl sites for hydroxylation is 1. The van der Waals surface area contributed by atoms with Gasteiger partial charge in [-0.05, 0) is 30.3 Å². The van der Waals surface area contributed by atoms with Crippen LogP contribution in [0.2, 0.25) is 0 Å². The number of aromatic nitrogens is 1. The van der Waals surface area contributed by atoms with Crippen LogP contribution >= 0.6 is 0 Å². The van der Waals surface area contributed by atoms with Gasteiger partial charge >= 0.3 is 0 Å². The van der Waals surface area contributed by atoms with Crippen molar-refractivity contribution >= 4 is 34.1 Å². The Morgan fingerprint density at radius 2 is 1.96 bits per heavy atom. The van der Waals surface area contributed by atoms with Crippen molar-refractivity contribution in [2.45, 2.75) is 6.42 Å². The molecule has 1 saturated heterocycles. The summed E-state index contributed by atoms with van der Waals surface area (Å²) in [6.45, 7) is 0.177. The van der Waals surface area contributed by atoms with Gasteiger partial charge in [-0.1, -0.05) is 18.2 Å². The fraction of sp³-hybridized carbons (Fsp3) is 0.200. The van der Waals surface area contributed by atoms with Gasteiger partial charge in [-0.3, -0.25) is 9.59 Å². The van der Waals surface area contributed by atoms with Crippen LogP contribution in [0.3, 0.4) is 0 Å². The Morgan fingerprint density at radius 3 is 2.77 bits per heavy atom. The number of para-hydroxylation sites is 1. The van der Waals surface area contributed by atoms with E-state index < -0.39 is 11.7 Å². The average Bonchev–Trinajstić information content (AvgIpc) is 3.20. The second kappa shape index (κ2) is 6.29. The van der Waals surface area contributed by atoms with Gasteiger partial charge in [0.05, 0.1) is 17.3 Å². The van der Waals surface area contributed by atoms with Crippen molar-refractivity contribution in [1.29, 1.82) is 0 Å². The zero-order chi connectivity index (χ0) is 18.3. The van der Waals surface area contributed by atoms with Crippen LogP contribution in [-0.2, 0) is 16.6 Å². The maximum atomic E-state index is 14.0. The van der Waals surface area contributed by atoms with Crippen molar-refractivity contribution in [3.05, 3.63) is 60.5 Å². The fourth-order valence-electron chi connectivity index (χ4n) is 3.43. The number of benzene rings is 2. The minimum absolute atomic E-state index is 0.0743. The van der Waals surface area contributed by atoms with E-state index in [0.717, 1.165) is 10.9 Å². The summed E-state index contributed by atoms with van der Waals surface area (Å²) < 4.78 is 15.9. The standard InChI is InChI=1S/C20H18FN3O2/c1-23-10-9-14-16(6-4-8-17(14)23)22-20(26)13-11-19(25)24(12-13)18-7-3-2-5-15(18)21/h2-10,13H,11-12H2,1H3,(H,22,26). The number of nitrogens with zero attached hydrogens (tertiary/aromatic N) is 2. The van der Waals surface area contributed by atoms with Crippen LogP contribution in [0.15, 0.2) is 54.7 Å². The third kappa shape index (κ3) is 2.73. The summed E-state index contributed by atoms with van der Waals surface area (Å²) in [4.78, 5) is 26.3. The van der Waals surface area contributed by atoms with Crippen LogP contribution in [0.1, 0.15) is 6.42 Å². The highest BCUT2D eigenvalue weighted by atomic mass is 19.1. The van der Waals surface area contributed by atoms with E-state index in [9.17, 15) is 14.0 Å². The van der Waals surface area contributed by atoms with Gasteiger partial charge in [0.25, 0.3) is 0 Å². The number of fused-ring (bicyclic) bond motifs is 1. The lowest BCUT2D eigenvalue weighted by Gasteiger charge is -2.17. The number of anilines is 2. The zero-order valence-corrected chi connectivity index (χ0v) is 14.3. The van der Waals surface area contributed by atoms with Crippen LogP contribution in [-0.4, -0.2) is 22.9 Å². The lowest BCUT2D eigenvalue weighted by Crippen LogP contribution is -2.28. The molecule has 0 bridgehead atoms. The summed E-state index contributed by atoms with van der Waals surface area (Å²) in [6, 6.07) is 13.7. The first-order chi connectivity index (χ1) is 12.5. The summed E-state index contributed by atoms with van der Waals surface area (Å²) in [7, 11) is 1.94. The molecule has 2 aromatic carbocycles. The summed E-state index contributed by atoms with van der Waals surface area (Å²) in [5, 5.41) is 3.87. The molecule has 2 amide bonds. The van der Waals surface area contributed by atoms with E-state index in [1.165, 1.54) is 11.0 Å². The zero-order valence-electron chi connectivity index (χ0n) is 14.3. The van der Waals surface area contributed by atoms with Crippen LogP contribution in [0.4, 0.5) is 15.8 Å². The van der Waals surface area contributed by atoms with Gasteiger partial charge in [0.1, 0.15) is 5.82 Å². The van der Waals surface area contributed by atoms with Gasteiger partial charge < -0.3 is 14.8 Å². The Bertz CT molecular complexity index is 1010. The molecule has 26 heavy (non-hydrogen) atoms. The van der Waals surface area contributed by atoms with Gasteiger partial charge in [0.2, 0.25) is 11.8 Å².